The van der Waals surface area contributed by atoms with E-state index in [-0.39, 0.29) is 12.2 Å². The number of hydrogen-bond donors (Lipinski definition) is 2. The van der Waals surface area contributed by atoms with E-state index in [1.807, 2.05) is 31.1 Å². The number of aliphatic hydroxyl groups excluding tert-OH is 2. The zero-order chi connectivity index (χ0) is 15.8. The molecule has 6 nitrogen and oxygen atoms in total. The van der Waals surface area contributed by atoms with Crippen molar-refractivity contribution in [3.8, 4) is 6.07 Å². The number of aliphatic hydroxyl groups is 2. The van der Waals surface area contributed by atoms with Crippen LogP contribution >= 0.6 is 0 Å². The molecular weight excluding hydrogens is 272 g/mol. The fourth-order valence-electron chi connectivity index (χ4n) is 1.47. The van der Waals surface area contributed by atoms with Crippen molar-refractivity contribution >= 4 is 17.7 Å². The SMILES string of the molecule is CN(C)c1ccc(/C=C(\C#N)C(=O)OCC(O)CO)cc1. The van der Waals surface area contributed by atoms with Crippen LogP contribution in [0.25, 0.3) is 6.08 Å². The molecule has 0 aromatic heterocycles. The van der Waals surface area contributed by atoms with Crippen LogP contribution in [0.4, 0.5) is 5.69 Å². The molecule has 1 rings (SSSR count). The molecule has 0 saturated carbocycles. The summed E-state index contributed by atoms with van der Waals surface area (Å²) in [5.74, 6) is -0.832. The molecular formula is C15H18N2O4. The van der Waals surface area contributed by atoms with Gasteiger partial charge in [-0.25, -0.2) is 4.79 Å². The third-order valence-corrected chi connectivity index (χ3v) is 2.68. The highest BCUT2D eigenvalue weighted by atomic mass is 16.5. The number of nitriles is 1. The van der Waals surface area contributed by atoms with Crippen molar-refractivity contribution in [1.82, 2.24) is 0 Å². The van der Waals surface area contributed by atoms with Crippen LogP contribution in [0.5, 0.6) is 0 Å². The molecule has 0 fully saturated rings. The van der Waals surface area contributed by atoms with Crippen molar-refractivity contribution in [2.45, 2.75) is 6.10 Å². The van der Waals surface area contributed by atoms with Gasteiger partial charge < -0.3 is 19.8 Å². The molecule has 0 aliphatic heterocycles. The summed E-state index contributed by atoms with van der Waals surface area (Å²) in [7, 11) is 3.82. The second-order valence-electron chi connectivity index (χ2n) is 4.59. The van der Waals surface area contributed by atoms with Gasteiger partial charge >= 0.3 is 5.97 Å². The number of carbonyl (C=O) groups is 1. The van der Waals surface area contributed by atoms with Crippen LogP contribution in [0.2, 0.25) is 0 Å². The highest BCUT2D eigenvalue weighted by Crippen LogP contribution is 2.15. The summed E-state index contributed by atoms with van der Waals surface area (Å²) in [5.41, 5.74) is 1.52. The van der Waals surface area contributed by atoms with Gasteiger partial charge in [-0.2, -0.15) is 5.26 Å². The topological polar surface area (TPSA) is 93.8 Å². The molecule has 0 aliphatic rings. The fraction of sp³-hybridized carbons (Fsp3) is 0.333. The maximum atomic E-state index is 11.7. The summed E-state index contributed by atoms with van der Waals surface area (Å²) >= 11 is 0. The number of anilines is 1. The van der Waals surface area contributed by atoms with E-state index in [0.29, 0.717) is 5.56 Å². The summed E-state index contributed by atoms with van der Waals surface area (Å²) in [6, 6.07) is 9.05. The van der Waals surface area contributed by atoms with Crippen LogP contribution in [-0.2, 0) is 9.53 Å². The quantitative estimate of drug-likeness (QED) is 0.451. The molecule has 1 atom stereocenters. The van der Waals surface area contributed by atoms with Gasteiger partial charge in [0.1, 0.15) is 24.4 Å². The van der Waals surface area contributed by atoms with Crippen molar-refractivity contribution < 1.29 is 19.7 Å². The Morgan fingerprint density at radius 3 is 2.52 bits per heavy atom. The Kier molecular flexibility index (Phi) is 6.40. The summed E-state index contributed by atoms with van der Waals surface area (Å²) in [5, 5.41) is 26.7. The molecule has 0 bridgehead atoms. The molecule has 0 heterocycles. The standard InChI is InChI=1S/C15H18N2O4/c1-17(2)13-5-3-11(4-6-13)7-12(8-16)15(20)21-10-14(19)9-18/h3-7,14,18-19H,9-10H2,1-2H3/b12-7+. The molecule has 21 heavy (non-hydrogen) atoms. The molecule has 0 amide bonds. The highest BCUT2D eigenvalue weighted by molar-refractivity contribution is 5.97. The number of hydrogen-bond acceptors (Lipinski definition) is 6. The van der Waals surface area contributed by atoms with Crippen molar-refractivity contribution in [2.75, 3.05) is 32.2 Å². The lowest BCUT2D eigenvalue weighted by Crippen LogP contribution is -2.22. The minimum absolute atomic E-state index is 0.169. The maximum Gasteiger partial charge on any atom is 0.348 e. The number of benzene rings is 1. The van der Waals surface area contributed by atoms with E-state index in [2.05, 4.69) is 0 Å². The molecule has 0 radical (unpaired) electrons. The monoisotopic (exact) mass is 290 g/mol. The number of esters is 1. The predicted octanol–water partition coefficient (Wildman–Crippen LogP) is 0.556. The molecule has 0 spiro atoms. The van der Waals surface area contributed by atoms with Crippen molar-refractivity contribution in [2.24, 2.45) is 0 Å². The summed E-state index contributed by atoms with van der Waals surface area (Å²) < 4.78 is 4.73. The smallest absolute Gasteiger partial charge is 0.348 e. The normalized spacial score (nSPS) is 12.4. The Bertz CT molecular complexity index is 544. The van der Waals surface area contributed by atoms with Gasteiger partial charge in [0.05, 0.1) is 6.61 Å². The van der Waals surface area contributed by atoms with E-state index < -0.39 is 18.7 Å². The zero-order valence-corrected chi connectivity index (χ0v) is 12.0. The Balaban J connectivity index is 2.79. The van der Waals surface area contributed by atoms with Crippen LogP contribution < -0.4 is 4.90 Å². The third-order valence-electron chi connectivity index (χ3n) is 2.68. The minimum atomic E-state index is -1.15. The van der Waals surface area contributed by atoms with Gasteiger partial charge in [-0.1, -0.05) is 12.1 Å². The van der Waals surface area contributed by atoms with E-state index in [0.717, 1.165) is 5.69 Å². The second-order valence-corrected chi connectivity index (χ2v) is 4.59. The first kappa shape index (κ1) is 16.7. The van der Waals surface area contributed by atoms with Gasteiger partial charge in [-0.05, 0) is 23.8 Å². The van der Waals surface area contributed by atoms with Crippen LogP contribution in [-0.4, -0.2) is 49.6 Å². The Morgan fingerprint density at radius 1 is 1.43 bits per heavy atom. The molecule has 2 N–H and O–H groups in total. The molecule has 112 valence electrons. The summed E-state index contributed by atoms with van der Waals surface area (Å²) in [6.07, 6.45) is 0.265. The largest absolute Gasteiger partial charge is 0.459 e. The number of rotatable bonds is 6. The molecule has 1 aromatic carbocycles. The lowest BCUT2D eigenvalue weighted by Gasteiger charge is -2.12. The molecule has 0 saturated heterocycles. The van der Waals surface area contributed by atoms with E-state index in [4.69, 9.17) is 20.2 Å². The summed E-state index contributed by atoms with van der Waals surface area (Å²) in [6.45, 7) is -0.862. The molecule has 1 unspecified atom stereocenters. The van der Waals surface area contributed by atoms with Crippen LogP contribution in [0.15, 0.2) is 29.8 Å². The summed E-state index contributed by atoms with van der Waals surface area (Å²) in [4.78, 5) is 13.6. The van der Waals surface area contributed by atoms with E-state index in [1.54, 1.807) is 18.2 Å². The van der Waals surface area contributed by atoms with Gasteiger partial charge in [-0.3, -0.25) is 0 Å². The van der Waals surface area contributed by atoms with Gasteiger partial charge in [0.15, 0.2) is 0 Å². The number of ether oxygens (including phenoxy) is 1. The highest BCUT2D eigenvalue weighted by Gasteiger charge is 2.13. The average Bonchev–Trinajstić information content (AvgIpc) is 2.50. The third kappa shape index (κ3) is 5.26. The first-order chi connectivity index (χ1) is 9.97. The molecule has 6 heteroatoms. The van der Waals surface area contributed by atoms with E-state index >= 15 is 0 Å². The van der Waals surface area contributed by atoms with Gasteiger partial charge in [0.25, 0.3) is 0 Å². The fourth-order valence-corrected chi connectivity index (χ4v) is 1.47. The van der Waals surface area contributed by atoms with Crippen LogP contribution in [0.1, 0.15) is 5.56 Å². The van der Waals surface area contributed by atoms with Gasteiger partial charge in [0.2, 0.25) is 0 Å². The maximum absolute atomic E-state index is 11.7. The van der Waals surface area contributed by atoms with E-state index in [1.165, 1.54) is 6.08 Å². The number of nitrogens with zero attached hydrogens (tertiary/aromatic N) is 2. The minimum Gasteiger partial charge on any atom is -0.459 e. The van der Waals surface area contributed by atoms with Crippen molar-refractivity contribution in [3.63, 3.8) is 0 Å². The first-order valence-electron chi connectivity index (χ1n) is 6.33. The first-order valence-corrected chi connectivity index (χ1v) is 6.33. The Morgan fingerprint density at radius 2 is 2.05 bits per heavy atom. The van der Waals surface area contributed by atoms with Gasteiger partial charge in [0, 0.05) is 19.8 Å². The number of carbonyl (C=O) groups excluding carboxylic acids is 1. The molecule has 0 aliphatic carbocycles. The van der Waals surface area contributed by atoms with Crippen molar-refractivity contribution in [3.05, 3.63) is 35.4 Å². The average molecular weight is 290 g/mol. The lowest BCUT2D eigenvalue weighted by atomic mass is 10.1. The zero-order valence-electron chi connectivity index (χ0n) is 12.0. The van der Waals surface area contributed by atoms with E-state index in [9.17, 15) is 4.79 Å². The van der Waals surface area contributed by atoms with Gasteiger partial charge in [-0.15, -0.1) is 0 Å². The Labute approximate surface area is 123 Å². The second kappa shape index (κ2) is 8.04. The molecule has 1 aromatic rings. The van der Waals surface area contributed by atoms with Crippen LogP contribution in [0, 0.1) is 11.3 Å². The lowest BCUT2D eigenvalue weighted by molar-refractivity contribution is -0.142. The Hall–Kier alpha value is -2.36. The van der Waals surface area contributed by atoms with Crippen LogP contribution in [0.3, 0.4) is 0 Å². The predicted molar refractivity (Wildman–Crippen MR) is 78.4 cm³/mol. The van der Waals surface area contributed by atoms with Crippen molar-refractivity contribution in [1.29, 1.82) is 5.26 Å².